The molecule has 74 valence electrons. The summed E-state index contributed by atoms with van der Waals surface area (Å²) in [7, 11) is 0. The van der Waals surface area contributed by atoms with Crippen molar-refractivity contribution in [2.45, 2.75) is 25.7 Å². The summed E-state index contributed by atoms with van der Waals surface area (Å²) < 4.78 is 0. The Hall–Kier alpha value is -0.610. The second-order valence-electron chi connectivity index (χ2n) is 3.45. The van der Waals surface area contributed by atoms with Crippen LogP contribution in [-0.2, 0) is 12.8 Å². The fraction of sp³-hybridized carbons (Fsp3) is 0.400. The van der Waals surface area contributed by atoms with E-state index in [-0.39, 0.29) is 13.5 Å². The van der Waals surface area contributed by atoms with Gasteiger partial charge in [-0.2, -0.15) is 13.5 Å². The Bertz CT molecular complexity index is 450. The fourth-order valence-electron chi connectivity index (χ4n) is 2.00. The Morgan fingerprint density at radius 3 is 3.00 bits per heavy atom. The zero-order valence-corrected chi connectivity index (χ0v) is 9.60. The molecule has 0 fully saturated rings. The molecular weight excluding hydrogens is 212 g/mol. The maximum absolute atomic E-state index is 4.29. The van der Waals surface area contributed by atoms with Crippen LogP contribution in [0.2, 0.25) is 0 Å². The van der Waals surface area contributed by atoms with Crippen molar-refractivity contribution >= 4 is 35.0 Å². The lowest BCUT2D eigenvalue weighted by Crippen LogP contribution is -1.97. The first-order chi connectivity index (χ1) is 6.45. The average Bonchev–Trinajstić information content (AvgIpc) is 2.56. The molecule has 0 saturated carbocycles. The van der Waals surface area contributed by atoms with Gasteiger partial charge in [0.15, 0.2) is 0 Å². The summed E-state index contributed by atoms with van der Waals surface area (Å²) in [6.07, 6.45) is 8.74. The van der Waals surface area contributed by atoms with Gasteiger partial charge in [0.1, 0.15) is 11.2 Å². The van der Waals surface area contributed by atoms with Gasteiger partial charge in [0.25, 0.3) is 0 Å². The maximum atomic E-state index is 4.29. The molecule has 4 heteroatoms. The number of aromatic nitrogens is 2. The minimum absolute atomic E-state index is 0. The van der Waals surface area contributed by atoms with Gasteiger partial charge in [-0.05, 0) is 31.2 Å². The number of rotatable bonds is 0. The summed E-state index contributed by atoms with van der Waals surface area (Å²) in [5.41, 5.74) is 1.52. The molecule has 0 atom stereocenters. The van der Waals surface area contributed by atoms with Gasteiger partial charge in [-0.1, -0.05) is 0 Å². The molecule has 2 heterocycles. The first-order valence-corrected chi connectivity index (χ1v) is 5.47. The summed E-state index contributed by atoms with van der Waals surface area (Å²) in [4.78, 5) is 11.1. The molecule has 14 heavy (non-hydrogen) atoms. The molecule has 0 saturated heterocycles. The van der Waals surface area contributed by atoms with E-state index in [9.17, 15) is 0 Å². The maximum Gasteiger partial charge on any atom is 0.127 e. The van der Waals surface area contributed by atoms with Crippen LogP contribution >= 0.6 is 24.8 Å². The van der Waals surface area contributed by atoms with Gasteiger partial charge in [-0.25, -0.2) is 9.97 Å². The van der Waals surface area contributed by atoms with Gasteiger partial charge in [0.2, 0.25) is 0 Å². The Morgan fingerprint density at radius 1 is 1.21 bits per heavy atom. The summed E-state index contributed by atoms with van der Waals surface area (Å²) in [6.45, 7) is 0. The van der Waals surface area contributed by atoms with Crippen LogP contribution in [0, 0.1) is 0 Å². The molecule has 0 aliphatic heterocycles. The highest BCUT2D eigenvalue weighted by molar-refractivity contribution is 7.59. The second-order valence-corrected chi connectivity index (χ2v) is 4.54. The summed E-state index contributed by atoms with van der Waals surface area (Å²) in [5.74, 6) is 0. The first-order valence-electron chi connectivity index (χ1n) is 4.65. The van der Waals surface area contributed by atoms with E-state index < -0.39 is 0 Å². The van der Waals surface area contributed by atoms with Crippen molar-refractivity contribution in [3.8, 4) is 0 Å². The predicted molar refractivity (Wildman–Crippen MR) is 64.4 cm³/mol. The molecule has 2 nitrogen and oxygen atoms in total. The van der Waals surface area contributed by atoms with Crippen LogP contribution in [0.1, 0.15) is 23.3 Å². The minimum atomic E-state index is 0. The second kappa shape index (κ2) is 3.87. The molecule has 2 aromatic heterocycles. The third-order valence-corrected chi connectivity index (χ3v) is 3.85. The van der Waals surface area contributed by atoms with Crippen molar-refractivity contribution in [3.05, 3.63) is 23.0 Å². The number of hydrogen-bond donors (Lipinski definition) is 0. The van der Waals surface area contributed by atoms with Crippen LogP contribution in [0.4, 0.5) is 0 Å². The minimum Gasteiger partial charge on any atom is -0.244 e. The first kappa shape index (κ1) is 9.93. The van der Waals surface area contributed by atoms with Gasteiger partial charge in [0.05, 0.1) is 0 Å². The lowest BCUT2D eigenvalue weighted by atomic mass is 9.97. The number of fused-ring (bicyclic) bond motifs is 3. The molecule has 0 amide bonds. The number of thiophene rings is 1. The van der Waals surface area contributed by atoms with Gasteiger partial charge in [-0.3, -0.25) is 0 Å². The van der Waals surface area contributed by atoms with Crippen molar-refractivity contribution in [2.24, 2.45) is 0 Å². The quantitative estimate of drug-likeness (QED) is 0.687. The Morgan fingerprint density at radius 2 is 2.07 bits per heavy atom. The van der Waals surface area contributed by atoms with Crippen LogP contribution in [0.3, 0.4) is 0 Å². The summed E-state index contributed by atoms with van der Waals surface area (Å²) >= 11 is 1.85. The van der Waals surface area contributed by atoms with Crippen LogP contribution in [0.15, 0.2) is 12.5 Å². The Balaban J connectivity index is 0.000000750. The highest BCUT2D eigenvalue weighted by atomic mass is 32.1. The van der Waals surface area contributed by atoms with Crippen LogP contribution in [0.5, 0.6) is 0 Å². The SMILES string of the molecule is S.c1ncc2c3c(sc2n1)CCCC3. The topological polar surface area (TPSA) is 25.8 Å². The van der Waals surface area contributed by atoms with Gasteiger partial charge in [0, 0.05) is 16.5 Å². The van der Waals surface area contributed by atoms with E-state index in [4.69, 9.17) is 0 Å². The third-order valence-electron chi connectivity index (χ3n) is 2.64. The van der Waals surface area contributed by atoms with Crippen LogP contribution in [-0.4, -0.2) is 9.97 Å². The molecule has 0 N–H and O–H groups in total. The van der Waals surface area contributed by atoms with Crippen molar-refractivity contribution in [2.75, 3.05) is 0 Å². The third kappa shape index (κ3) is 1.42. The molecule has 0 unspecified atom stereocenters. The largest absolute Gasteiger partial charge is 0.244 e. The van der Waals surface area contributed by atoms with E-state index in [1.807, 2.05) is 17.5 Å². The van der Waals surface area contributed by atoms with Crippen LogP contribution < -0.4 is 0 Å². The molecular formula is C10H12N2S2. The van der Waals surface area contributed by atoms with E-state index in [0.717, 1.165) is 0 Å². The standard InChI is InChI=1S/C10H10N2S.H2S/c1-2-4-9-7(3-1)8-5-11-6-12-10(8)13-9;/h5-6H,1-4H2;1H2. The van der Waals surface area contributed by atoms with Gasteiger partial charge >= 0.3 is 0 Å². The Labute approximate surface area is 93.8 Å². The van der Waals surface area contributed by atoms with Crippen molar-refractivity contribution in [1.29, 1.82) is 0 Å². The molecule has 3 rings (SSSR count). The molecule has 0 bridgehead atoms. The van der Waals surface area contributed by atoms with Crippen LogP contribution in [0.25, 0.3) is 10.2 Å². The predicted octanol–water partition coefficient (Wildman–Crippen LogP) is 2.68. The number of hydrogen-bond acceptors (Lipinski definition) is 3. The summed E-state index contributed by atoms with van der Waals surface area (Å²) in [6, 6.07) is 0. The zero-order chi connectivity index (χ0) is 8.67. The Kier molecular flexibility index (Phi) is 2.74. The molecule has 0 radical (unpaired) electrons. The van der Waals surface area contributed by atoms with Gasteiger partial charge < -0.3 is 0 Å². The number of nitrogens with zero attached hydrogens (tertiary/aromatic N) is 2. The van der Waals surface area contributed by atoms with Crippen molar-refractivity contribution < 1.29 is 0 Å². The van der Waals surface area contributed by atoms with E-state index in [1.165, 1.54) is 41.5 Å². The average molecular weight is 224 g/mol. The molecule has 0 aromatic carbocycles. The molecule has 1 aliphatic carbocycles. The number of aryl methyl sites for hydroxylation is 2. The summed E-state index contributed by atoms with van der Waals surface area (Å²) in [5, 5.41) is 1.29. The molecule has 1 aliphatic rings. The fourth-order valence-corrected chi connectivity index (χ4v) is 3.20. The van der Waals surface area contributed by atoms with E-state index in [2.05, 4.69) is 9.97 Å². The lowest BCUT2D eigenvalue weighted by molar-refractivity contribution is 0.700. The van der Waals surface area contributed by atoms with Gasteiger partial charge in [-0.15, -0.1) is 11.3 Å². The lowest BCUT2D eigenvalue weighted by Gasteiger charge is -2.09. The van der Waals surface area contributed by atoms with Crippen molar-refractivity contribution in [1.82, 2.24) is 9.97 Å². The highest BCUT2D eigenvalue weighted by Crippen LogP contribution is 2.34. The normalized spacial score (nSPS) is 14.9. The van der Waals surface area contributed by atoms with E-state index >= 15 is 0 Å². The monoisotopic (exact) mass is 224 g/mol. The highest BCUT2D eigenvalue weighted by Gasteiger charge is 2.15. The van der Waals surface area contributed by atoms with E-state index in [0.29, 0.717) is 0 Å². The van der Waals surface area contributed by atoms with E-state index in [1.54, 1.807) is 11.2 Å². The smallest absolute Gasteiger partial charge is 0.127 e. The molecule has 2 aromatic rings. The molecule has 0 spiro atoms. The van der Waals surface area contributed by atoms with Crippen molar-refractivity contribution in [3.63, 3.8) is 0 Å². The zero-order valence-electron chi connectivity index (χ0n) is 7.79.